The molecule has 0 spiro atoms. The molecule has 1 heterocycles. The molecule has 3 heteroatoms. The van der Waals surface area contributed by atoms with E-state index < -0.39 is 0 Å². The van der Waals surface area contributed by atoms with E-state index in [1.165, 1.54) is 58.0 Å². The molecule has 2 rings (SSSR count). The molecule has 1 saturated heterocycles. The second kappa shape index (κ2) is 8.23. The summed E-state index contributed by atoms with van der Waals surface area (Å²) in [5, 5.41) is 3.57. The topological polar surface area (TPSA) is 24.5 Å². The average molecular weight is 268 g/mol. The molecule has 0 amide bonds. The summed E-state index contributed by atoms with van der Waals surface area (Å²) in [4.78, 5) is 2.52. The molecule has 0 radical (unpaired) electrons. The highest BCUT2D eigenvalue weighted by Gasteiger charge is 2.24. The van der Waals surface area contributed by atoms with Crippen molar-refractivity contribution < 1.29 is 4.74 Å². The molecule has 19 heavy (non-hydrogen) atoms. The standard InChI is InChI=1S/C16H32N2O/c1-17-16(15-8-4-3-5-9-15)12-18(2)11-14-7-6-10-19-13-14/h14-17H,3-13H2,1-2H3. The van der Waals surface area contributed by atoms with Gasteiger partial charge in [0.2, 0.25) is 0 Å². The van der Waals surface area contributed by atoms with Gasteiger partial charge in [-0.1, -0.05) is 19.3 Å². The Labute approximate surface area is 119 Å². The predicted octanol–water partition coefficient (Wildman–Crippen LogP) is 2.51. The maximum absolute atomic E-state index is 5.59. The molecule has 1 saturated carbocycles. The fourth-order valence-corrected chi connectivity index (χ4v) is 3.82. The molecular weight excluding hydrogens is 236 g/mol. The third kappa shape index (κ3) is 5.05. The van der Waals surface area contributed by atoms with Crippen LogP contribution in [0.1, 0.15) is 44.9 Å². The lowest BCUT2D eigenvalue weighted by atomic mass is 9.83. The lowest BCUT2D eigenvalue weighted by Gasteiger charge is -2.34. The van der Waals surface area contributed by atoms with Crippen LogP contribution in [-0.4, -0.2) is 51.3 Å². The molecule has 2 unspecified atom stereocenters. The number of rotatable bonds is 6. The zero-order valence-electron chi connectivity index (χ0n) is 12.9. The molecule has 2 fully saturated rings. The highest BCUT2D eigenvalue weighted by atomic mass is 16.5. The van der Waals surface area contributed by atoms with Crippen LogP contribution in [0.4, 0.5) is 0 Å². The summed E-state index contributed by atoms with van der Waals surface area (Å²) in [6, 6.07) is 0.676. The van der Waals surface area contributed by atoms with Gasteiger partial charge in [-0.3, -0.25) is 0 Å². The zero-order chi connectivity index (χ0) is 13.5. The number of hydrogen-bond acceptors (Lipinski definition) is 3. The first kappa shape index (κ1) is 15.3. The van der Waals surface area contributed by atoms with Crippen molar-refractivity contribution in [1.29, 1.82) is 0 Å². The zero-order valence-corrected chi connectivity index (χ0v) is 12.9. The Kier molecular flexibility index (Phi) is 6.62. The molecule has 0 aromatic carbocycles. The Hall–Kier alpha value is -0.120. The van der Waals surface area contributed by atoms with Crippen molar-refractivity contribution in [3.05, 3.63) is 0 Å². The Morgan fingerprint density at radius 1 is 1.16 bits per heavy atom. The van der Waals surface area contributed by atoms with E-state index in [1.807, 2.05) is 0 Å². The molecular formula is C16H32N2O. The number of likely N-dealkylation sites (N-methyl/N-ethyl adjacent to an activating group) is 2. The summed E-state index contributed by atoms with van der Waals surface area (Å²) >= 11 is 0. The lowest BCUT2D eigenvalue weighted by molar-refractivity contribution is 0.0397. The minimum atomic E-state index is 0.676. The summed E-state index contributed by atoms with van der Waals surface area (Å²) in [7, 11) is 4.42. The van der Waals surface area contributed by atoms with Gasteiger partial charge in [-0.05, 0) is 51.6 Å². The van der Waals surface area contributed by atoms with Crippen molar-refractivity contribution in [2.45, 2.75) is 51.0 Å². The largest absolute Gasteiger partial charge is 0.381 e. The molecule has 0 aromatic rings. The highest BCUT2D eigenvalue weighted by molar-refractivity contribution is 4.81. The van der Waals surface area contributed by atoms with E-state index in [2.05, 4.69) is 24.3 Å². The van der Waals surface area contributed by atoms with Gasteiger partial charge >= 0.3 is 0 Å². The van der Waals surface area contributed by atoms with Crippen molar-refractivity contribution >= 4 is 0 Å². The van der Waals surface area contributed by atoms with Gasteiger partial charge in [0.05, 0.1) is 6.61 Å². The van der Waals surface area contributed by atoms with Gasteiger partial charge in [-0.25, -0.2) is 0 Å². The monoisotopic (exact) mass is 268 g/mol. The second-order valence-electron chi connectivity index (χ2n) is 6.60. The van der Waals surface area contributed by atoms with Crippen LogP contribution in [0.15, 0.2) is 0 Å². The SMILES string of the molecule is CNC(CN(C)CC1CCCOC1)C1CCCCC1. The fraction of sp³-hybridized carbons (Fsp3) is 1.00. The molecule has 1 aliphatic carbocycles. The summed E-state index contributed by atoms with van der Waals surface area (Å²) in [5.74, 6) is 1.64. The van der Waals surface area contributed by atoms with E-state index in [9.17, 15) is 0 Å². The number of nitrogens with one attached hydrogen (secondary N) is 1. The van der Waals surface area contributed by atoms with Gasteiger partial charge in [-0.15, -0.1) is 0 Å². The van der Waals surface area contributed by atoms with Crippen LogP contribution in [-0.2, 0) is 4.74 Å². The van der Waals surface area contributed by atoms with Gasteiger partial charge in [-0.2, -0.15) is 0 Å². The number of nitrogens with zero attached hydrogens (tertiary/aromatic N) is 1. The smallest absolute Gasteiger partial charge is 0.0506 e. The maximum atomic E-state index is 5.59. The molecule has 1 aliphatic heterocycles. The predicted molar refractivity (Wildman–Crippen MR) is 80.5 cm³/mol. The van der Waals surface area contributed by atoms with E-state index in [-0.39, 0.29) is 0 Å². The minimum Gasteiger partial charge on any atom is -0.381 e. The van der Waals surface area contributed by atoms with Gasteiger partial charge in [0.15, 0.2) is 0 Å². The van der Waals surface area contributed by atoms with Crippen molar-refractivity contribution in [2.24, 2.45) is 11.8 Å². The summed E-state index contributed by atoms with van der Waals surface area (Å²) < 4.78 is 5.59. The van der Waals surface area contributed by atoms with Crippen molar-refractivity contribution in [1.82, 2.24) is 10.2 Å². The maximum Gasteiger partial charge on any atom is 0.0506 e. The molecule has 1 N–H and O–H groups in total. The summed E-state index contributed by atoms with van der Waals surface area (Å²) in [6.07, 6.45) is 9.75. The summed E-state index contributed by atoms with van der Waals surface area (Å²) in [6.45, 7) is 4.34. The van der Waals surface area contributed by atoms with Crippen molar-refractivity contribution in [2.75, 3.05) is 40.4 Å². The molecule has 0 bridgehead atoms. The van der Waals surface area contributed by atoms with Gasteiger partial charge in [0.25, 0.3) is 0 Å². The van der Waals surface area contributed by atoms with Crippen LogP contribution in [0.5, 0.6) is 0 Å². The molecule has 112 valence electrons. The van der Waals surface area contributed by atoms with Crippen LogP contribution < -0.4 is 5.32 Å². The van der Waals surface area contributed by atoms with Crippen molar-refractivity contribution in [3.8, 4) is 0 Å². The van der Waals surface area contributed by atoms with Crippen LogP contribution >= 0.6 is 0 Å². The third-order valence-corrected chi connectivity index (χ3v) is 4.92. The van der Waals surface area contributed by atoms with E-state index >= 15 is 0 Å². The Bertz CT molecular complexity index is 235. The number of ether oxygens (including phenoxy) is 1. The van der Waals surface area contributed by atoms with Gasteiger partial charge in [0.1, 0.15) is 0 Å². The Balaban J connectivity index is 1.73. The summed E-state index contributed by atoms with van der Waals surface area (Å²) in [5.41, 5.74) is 0. The first-order valence-electron chi connectivity index (χ1n) is 8.23. The van der Waals surface area contributed by atoms with Crippen LogP contribution in [0, 0.1) is 11.8 Å². The minimum absolute atomic E-state index is 0.676. The van der Waals surface area contributed by atoms with E-state index in [0.29, 0.717) is 6.04 Å². The average Bonchev–Trinajstić information content (AvgIpc) is 2.47. The van der Waals surface area contributed by atoms with Crippen LogP contribution in [0.25, 0.3) is 0 Å². The first-order valence-corrected chi connectivity index (χ1v) is 8.23. The van der Waals surface area contributed by atoms with Gasteiger partial charge in [0, 0.05) is 25.7 Å². The highest BCUT2D eigenvalue weighted by Crippen LogP contribution is 2.27. The number of hydrogen-bond donors (Lipinski definition) is 1. The lowest BCUT2D eigenvalue weighted by Crippen LogP contribution is -2.45. The van der Waals surface area contributed by atoms with E-state index in [4.69, 9.17) is 4.74 Å². The Morgan fingerprint density at radius 3 is 2.58 bits per heavy atom. The fourth-order valence-electron chi connectivity index (χ4n) is 3.82. The third-order valence-electron chi connectivity index (χ3n) is 4.92. The van der Waals surface area contributed by atoms with Gasteiger partial charge < -0.3 is 15.0 Å². The molecule has 3 nitrogen and oxygen atoms in total. The van der Waals surface area contributed by atoms with Crippen LogP contribution in [0.2, 0.25) is 0 Å². The van der Waals surface area contributed by atoms with Crippen LogP contribution in [0.3, 0.4) is 0 Å². The van der Waals surface area contributed by atoms with E-state index in [0.717, 1.165) is 25.0 Å². The molecule has 0 aromatic heterocycles. The quantitative estimate of drug-likeness (QED) is 0.801. The van der Waals surface area contributed by atoms with Crippen molar-refractivity contribution in [3.63, 3.8) is 0 Å². The van der Waals surface area contributed by atoms with E-state index in [1.54, 1.807) is 0 Å². The first-order chi connectivity index (χ1) is 9.29. The normalized spacial score (nSPS) is 27.6. The molecule has 2 atom stereocenters. The second-order valence-corrected chi connectivity index (χ2v) is 6.60. The molecule has 2 aliphatic rings. The Morgan fingerprint density at radius 2 is 1.95 bits per heavy atom.